The molecular formula is C103H116B3N19O20. The number of carbonyl (C=O) groups excluding carboxylic acids is 14. The molecule has 9 aromatic carbocycles. The maximum atomic E-state index is 13.4. The lowest BCUT2D eigenvalue weighted by molar-refractivity contribution is -0.130. The lowest BCUT2D eigenvalue weighted by Crippen LogP contribution is -2.56. The highest BCUT2D eigenvalue weighted by atomic mass is 16.4. The molecule has 16 amide bonds. The van der Waals surface area contributed by atoms with Crippen molar-refractivity contribution in [2.75, 3.05) is 117 Å². The van der Waals surface area contributed by atoms with Crippen molar-refractivity contribution < 1.29 is 97.3 Å². The first kappa shape index (κ1) is 106. The Morgan fingerprint density at radius 1 is 0.290 bits per heavy atom. The molecule has 6 heterocycles. The highest BCUT2D eigenvalue weighted by molar-refractivity contribution is 6.59. The van der Waals surface area contributed by atoms with Crippen molar-refractivity contribution in [2.45, 2.75) is 103 Å². The highest BCUT2D eigenvalue weighted by Gasteiger charge is 2.39. The summed E-state index contributed by atoms with van der Waals surface area (Å²) in [6, 6.07) is 57.6. The molecule has 3 saturated heterocycles. The number of hydrogen-bond acceptors (Lipinski definition) is 20. The molecule has 0 spiro atoms. The van der Waals surface area contributed by atoms with Crippen LogP contribution in [0.2, 0.25) is 0 Å². The first-order valence-corrected chi connectivity index (χ1v) is 48.0. The number of nitrogens with zero attached hydrogens (tertiary/aromatic N) is 6. The second-order valence-electron chi connectivity index (χ2n) is 35.3. The third-order valence-electron chi connectivity index (χ3n) is 25.0. The summed E-state index contributed by atoms with van der Waals surface area (Å²) in [5.74, 6) is -4.27. The second-order valence-corrected chi connectivity index (χ2v) is 35.3. The van der Waals surface area contributed by atoms with Crippen molar-refractivity contribution >= 4 is 188 Å². The van der Waals surface area contributed by atoms with Gasteiger partial charge in [0.25, 0.3) is 52.8 Å². The van der Waals surface area contributed by atoms with Gasteiger partial charge in [-0.25, -0.2) is 24.0 Å². The number of aromatic nitrogens is 3. The van der Waals surface area contributed by atoms with Gasteiger partial charge in [-0.05, 0) is 154 Å². The van der Waals surface area contributed by atoms with E-state index in [1.165, 1.54) is 69.7 Å². The van der Waals surface area contributed by atoms with Gasteiger partial charge in [-0.3, -0.25) is 43.2 Å². The van der Waals surface area contributed by atoms with Crippen molar-refractivity contribution in [3.63, 3.8) is 0 Å². The van der Waals surface area contributed by atoms with Gasteiger partial charge in [-0.15, -0.1) is 0 Å². The number of unbranched alkanes of at least 4 members (excludes halogenated alkanes) is 8. The first-order valence-electron chi connectivity index (χ1n) is 48.0. The highest BCUT2D eigenvalue weighted by Crippen LogP contribution is 2.32. The van der Waals surface area contributed by atoms with Crippen LogP contribution in [-0.2, 0) is 14.4 Å². The van der Waals surface area contributed by atoms with Crippen LogP contribution in [0.1, 0.15) is 147 Å². The van der Waals surface area contributed by atoms with E-state index in [9.17, 15) is 77.2 Å². The zero-order valence-corrected chi connectivity index (χ0v) is 80.3. The number of urea groups is 5. The maximum Gasteiger partial charge on any atom is 0.488 e. The molecule has 0 aliphatic carbocycles. The normalized spacial score (nSPS) is 14.3. The largest absolute Gasteiger partial charge is 0.488 e. The van der Waals surface area contributed by atoms with Crippen LogP contribution in [0.4, 0.5) is 58.1 Å². The molecule has 3 aliphatic heterocycles. The number of ketones is 3. The fourth-order valence-electron chi connectivity index (χ4n) is 17.3. The summed E-state index contributed by atoms with van der Waals surface area (Å²) in [4.78, 5) is 200. The number of H-pyrrole nitrogens is 3. The Bertz CT molecular complexity index is 6600. The number of hydrogen-bond donors (Lipinski definition) is 19. The van der Waals surface area contributed by atoms with Crippen LogP contribution in [0.15, 0.2) is 237 Å². The number of fused-ring (bicyclic) bond motifs is 3. The fraction of sp³-hybridized carbons (Fsp3) is 0.282. The molecule has 12 aromatic rings. The molecule has 19 N–H and O–H groups in total. The molecule has 15 rings (SSSR count). The number of Topliss-reactive ketones (excluding diaryl/α,β-unsaturated/α-hetero) is 3. The van der Waals surface area contributed by atoms with E-state index >= 15 is 0 Å². The topological polar surface area (TPSA) is 547 Å². The molecule has 752 valence electrons. The van der Waals surface area contributed by atoms with Crippen LogP contribution in [0.3, 0.4) is 0 Å². The standard InChI is InChI=1S/C38H46BN7O7.C36H42BN7O7.C29H28BN5O6/c1-26-25-45(35(48)27-12-7-6-8-13-27)22-23-46(26)36(49)34(47)31-24-42-33-30(31)14-11-15-32(33)44-38(51)41-21-10-5-3-2-4-9-20-40-37(50)43-29-18-16-28(17-19-29)39(52)53;1-24-23-43(33(46)25-10-5-4-6-11-25)20-21-44(24)34(47)32(45)29-22-40-31-28(29)12-9-13-30(31)42-36(49)39-19-8-3-2-7-18-38-35(48)41-27-16-14-26(15-17-27)37(50)51;1-18-17-34(27(37)19-7-3-2-4-8-19)13-14-35(18)28(38)26(36)23-16-31-25-22(23)11-6-12-24(25)33-29(39)32-21-10-5-9-20(15-21)30(40)41/h6-8,11-19,24,26,42,52-53H,2-5,9-10,20-23,25H2,1H3,(H2,40,43,50)(H2,41,44,51);4-6,9-17,22,24,40,50-51H,2-3,7-8,18-21,23H2,1H3,(H2,38,41,48)(H2,39,42,49);2-12,15-16,18,31,40-41H,13-14,17H2,1H3,(H2,32,33,39)/t26-;24-;18-/m111/s1. The van der Waals surface area contributed by atoms with Crippen LogP contribution >= 0.6 is 0 Å². The Labute approximate surface area is 836 Å². The minimum atomic E-state index is -1.67. The van der Waals surface area contributed by atoms with Gasteiger partial charge in [0.15, 0.2) is 0 Å². The Morgan fingerprint density at radius 2 is 0.566 bits per heavy atom. The Hall–Kier alpha value is -16.3. The summed E-state index contributed by atoms with van der Waals surface area (Å²) >= 11 is 0. The molecule has 42 heteroatoms. The maximum absolute atomic E-state index is 13.4. The number of benzene rings is 9. The van der Waals surface area contributed by atoms with Gasteiger partial charge in [-0.2, -0.15) is 0 Å². The number of piperazine rings is 3. The number of nitrogens with one attached hydrogen (secondary N) is 13. The van der Waals surface area contributed by atoms with Crippen molar-refractivity contribution in [3.8, 4) is 0 Å². The summed E-state index contributed by atoms with van der Waals surface area (Å²) in [5, 5.41) is 84.5. The van der Waals surface area contributed by atoms with Crippen LogP contribution in [0.5, 0.6) is 0 Å². The molecular weight excluding hydrogens is 1860 g/mol. The molecule has 3 aromatic heterocycles. The minimum absolute atomic E-state index is 0.106. The minimum Gasteiger partial charge on any atom is -0.423 e. The average Bonchev–Trinajstić information content (AvgIpc) is 1.65. The van der Waals surface area contributed by atoms with E-state index < -0.39 is 68.5 Å². The fourth-order valence-corrected chi connectivity index (χ4v) is 17.3. The monoisotopic (exact) mass is 1970 g/mol. The molecule has 0 saturated carbocycles. The van der Waals surface area contributed by atoms with Crippen molar-refractivity contribution in [3.05, 3.63) is 270 Å². The van der Waals surface area contributed by atoms with Crippen molar-refractivity contribution in [1.29, 1.82) is 0 Å². The van der Waals surface area contributed by atoms with E-state index in [0.29, 0.717) is 160 Å². The molecule has 39 nitrogen and oxygen atoms in total. The zero-order valence-electron chi connectivity index (χ0n) is 80.3. The number of amides is 16. The summed E-state index contributed by atoms with van der Waals surface area (Å²) in [7, 11) is -4.78. The number of aromatic amines is 3. The molecule has 3 atom stereocenters. The lowest BCUT2D eigenvalue weighted by Gasteiger charge is -2.39. The van der Waals surface area contributed by atoms with Gasteiger partial charge < -0.3 is 128 Å². The van der Waals surface area contributed by atoms with E-state index in [1.807, 2.05) is 51.1 Å². The summed E-state index contributed by atoms with van der Waals surface area (Å²) in [6.45, 7) is 10.0. The van der Waals surface area contributed by atoms with Crippen LogP contribution in [-0.4, -0.2) is 282 Å². The van der Waals surface area contributed by atoms with Crippen molar-refractivity contribution in [1.82, 2.24) is 65.6 Å². The van der Waals surface area contributed by atoms with E-state index in [-0.39, 0.29) is 95.7 Å². The van der Waals surface area contributed by atoms with E-state index in [2.05, 4.69) is 68.1 Å². The van der Waals surface area contributed by atoms with Crippen LogP contribution in [0.25, 0.3) is 32.7 Å². The smallest absolute Gasteiger partial charge is 0.423 e. The van der Waals surface area contributed by atoms with Gasteiger partial charge in [0.05, 0.1) is 50.3 Å². The Kier molecular flexibility index (Phi) is 37.6. The summed E-state index contributed by atoms with van der Waals surface area (Å²) in [6.07, 6.45) is 13.1. The number of anilines is 6. The predicted octanol–water partition coefficient (Wildman–Crippen LogP) is 8.64. The van der Waals surface area contributed by atoms with E-state index in [4.69, 9.17) is 20.1 Å². The average molecular weight is 1970 g/mol. The predicted molar refractivity (Wildman–Crippen MR) is 554 cm³/mol. The molecule has 0 unspecified atom stereocenters. The molecule has 3 aliphatic rings. The Balaban J connectivity index is 0.000000184. The van der Waals surface area contributed by atoms with E-state index in [1.54, 1.807) is 166 Å². The third-order valence-corrected chi connectivity index (χ3v) is 25.0. The van der Waals surface area contributed by atoms with Crippen LogP contribution < -0.4 is 69.6 Å². The van der Waals surface area contributed by atoms with Crippen molar-refractivity contribution in [2.24, 2.45) is 0 Å². The number of para-hydroxylation sites is 3. The van der Waals surface area contributed by atoms with Gasteiger partial charge in [-0.1, -0.05) is 166 Å². The number of carbonyl (C=O) groups is 14. The second kappa shape index (κ2) is 51.4. The molecule has 0 bridgehead atoms. The lowest BCUT2D eigenvalue weighted by atomic mass is 9.80. The summed E-state index contributed by atoms with van der Waals surface area (Å²) in [5.41, 5.74) is 7.53. The first-order chi connectivity index (χ1) is 70.0. The number of rotatable bonds is 34. The summed E-state index contributed by atoms with van der Waals surface area (Å²) < 4.78 is 0. The molecule has 145 heavy (non-hydrogen) atoms. The molecule has 3 fully saturated rings. The Morgan fingerprint density at radius 3 is 0.862 bits per heavy atom. The van der Waals surface area contributed by atoms with Gasteiger partial charge in [0.2, 0.25) is 0 Å². The third kappa shape index (κ3) is 28.6. The van der Waals surface area contributed by atoms with Gasteiger partial charge in [0, 0.05) is 172 Å². The van der Waals surface area contributed by atoms with Gasteiger partial charge >= 0.3 is 51.5 Å². The van der Waals surface area contributed by atoms with Gasteiger partial charge in [0.1, 0.15) is 0 Å². The quantitative estimate of drug-likeness (QED) is 0.00776. The molecule has 0 radical (unpaired) electrons. The van der Waals surface area contributed by atoms with Crippen LogP contribution in [0, 0.1) is 0 Å². The SMILES string of the molecule is C[C@@H]1CN(C(=O)c2ccccc2)CCN1C(=O)C(=O)c1c[nH]c2c(NC(=O)NCCCCCCCCNC(=O)Nc3ccc(B(O)O)cc3)cccc12.C[C@@H]1CN(C(=O)c2ccccc2)CCN1C(=O)C(=O)c1c[nH]c2c(NC(=O)NCCCCCCNC(=O)Nc3ccc(B(O)O)cc3)cccc12.C[C@@H]1CN(C(=O)c2ccccc2)CCN1C(=O)C(=O)c1c[nH]c2c(NC(=O)Nc3cccc(B(O)O)c3)cccc12. The zero-order chi connectivity index (χ0) is 103. The van der Waals surface area contributed by atoms with E-state index in [0.717, 1.165) is 64.2 Å².